The summed E-state index contributed by atoms with van der Waals surface area (Å²) in [7, 11) is 1.95. The number of nitrogens with zero attached hydrogens (tertiary/aromatic N) is 4. The molecule has 1 aromatic rings. The number of carbonyl (C=O) groups excluding carboxylic acids is 2. The fourth-order valence-electron chi connectivity index (χ4n) is 5.43. The van der Waals surface area contributed by atoms with Crippen LogP contribution in [0.3, 0.4) is 0 Å². The Labute approximate surface area is 181 Å². The monoisotopic (exact) mass is 414 g/mol. The molecule has 2 amide bonds. The minimum atomic E-state index is 0.134. The number of piperidine rings is 1. The number of hydrogen-bond donors (Lipinski definition) is 0. The van der Waals surface area contributed by atoms with E-state index < -0.39 is 0 Å². The number of carbonyl (C=O) groups is 2. The Bertz CT molecular complexity index is 724. The highest BCUT2D eigenvalue weighted by Gasteiger charge is 2.28. The van der Waals surface area contributed by atoms with Crippen molar-refractivity contribution in [3.05, 3.63) is 23.5 Å². The number of aromatic nitrogens is 1. The highest BCUT2D eigenvalue weighted by molar-refractivity contribution is 5.93. The Hall–Kier alpha value is -1.82. The van der Waals surface area contributed by atoms with E-state index in [-0.39, 0.29) is 11.8 Å². The zero-order valence-corrected chi connectivity index (χ0v) is 18.7. The van der Waals surface area contributed by atoms with Crippen molar-refractivity contribution in [3.63, 3.8) is 0 Å². The molecule has 3 heterocycles. The molecular weight excluding hydrogens is 376 g/mol. The van der Waals surface area contributed by atoms with E-state index in [1.807, 2.05) is 33.7 Å². The second kappa shape index (κ2) is 9.99. The number of aryl methyl sites for hydroxylation is 2. The highest BCUT2D eigenvalue weighted by Crippen LogP contribution is 2.24. The molecule has 0 spiro atoms. The summed E-state index contributed by atoms with van der Waals surface area (Å²) in [4.78, 5) is 32.2. The molecule has 6 nitrogen and oxygen atoms in total. The van der Waals surface area contributed by atoms with Crippen molar-refractivity contribution >= 4 is 11.8 Å². The SMILES string of the molecule is Cn1cc(CCC(=O)N2CCCCC2)cc1C(=O)N1CCN(C2CCCCC2)CC1. The van der Waals surface area contributed by atoms with Crippen molar-refractivity contribution in [1.29, 1.82) is 0 Å². The zero-order valence-electron chi connectivity index (χ0n) is 18.7. The molecule has 1 aliphatic carbocycles. The summed E-state index contributed by atoms with van der Waals surface area (Å²) < 4.78 is 1.94. The van der Waals surface area contributed by atoms with E-state index in [0.717, 1.165) is 69.4 Å². The number of likely N-dealkylation sites (tertiary alicyclic amines) is 1. The van der Waals surface area contributed by atoms with Crippen molar-refractivity contribution in [2.45, 2.75) is 70.3 Å². The van der Waals surface area contributed by atoms with E-state index in [4.69, 9.17) is 0 Å². The molecule has 4 rings (SSSR count). The third-order valence-corrected chi connectivity index (χ3v) is 7.31. The van der Waals surface area contributed by atoms with Gasteiger partial charge in [-0.15, -0.1) is 0 Å². The second-order valence-electron chi connectivity index (χ2n) is 9.41. The lowest BCUT2D eigenvalue weighted by molar-refractivity contribution is -0.132. The summed E-state index contributed by atoms with van der Waals surface area (Å²) in [5.41, 5.74) is 1.84. The third-order valence-electron chi connectivity index (χ3n) is 7.31. The fraction of sp³-hybridized carbons (Fsp3) is 0.750. The first-order chi connectivity index (χ1) is 14.6. The summed E-state index contributed by atoms with van der Waals surface area (Å²) >= 11 is 0. The molecule has 0 bridgehead atoms. The van der Waals surface area contributed by atoms with Crippen LogP contribution in [0.2, 0.25) is 0 Å². The number of piperazine rings is 1. The fourth-order valence-corrected chi connectivity index (χ4v) is 5.43. The molecule has 2 saturated heterocycles. The van der Waals surface area contributed by atoms with Crippen LogP contribution >= 0.6 is 0 Å². The largest absolute Gasteiger partial charge is 0.346 e. The molecule has 3 fully saturated rings. The van der Waals surface area contributed by atoms with Gasteiger partial charge in [0.25, 0.3) is 5.91 Å². The lowest BCUT2D eigenvalue weighted by Gasteiger charge is -2.40. The predicted octanol–water partition coefficient (Wildman–Crippen LogP) is 3.06. The topological polar surface area (TPSA) is 48.8 Å². The van der Waals surface area contributed by atoms with E-state index in [0.29, 0.717) is 12.8 Å². The molecule has 166 valence electrons. The molecule has 0 aromatic carbocycles. The van der Waals surface area contributed by atoms with Gasteiger partial charge in [0, 0.05) is 65.0 Å². The molecule has 30 heavy (non-hydrogen) atoms. The van der Waals surface area contributed by atoms with Crippen LogP contribution in [-0.2, 0) is 18.3 Å². The second-order valence-corrected chi connectivity index (χ2v) is 9.41. The maximum Gasteiger partial charge on any atom is 0.270 e. The Morgan fingerprint density at radius 3 is 2.23 bits per heavy atom. The van der Waals surface area contributed by atoms with Gasteiger partial charge in [-0.2, -0.15) is 0 Å². The first kappa shape index (κ1) is 21.4. The molecule has 0 atom stereocenters. The zero-order chi connectivity index (χ0) is 20.9. The first-order valence-corrected chi connectivity index (χ1v) is 12.1. The van der Waals surface area contributed by atoms with Gasteiger partial charge in [-0.25, -0.2) is 0 Å². The van der Waals surface area contributed by atoms with Crippen LogP contribution in [0.15, 0.2) is 12.3 Å². The maximum atomic E-state index is 13.1. The maximum absolute atomic E-state index is 13.1. The van der Waals surface area contributed by atoms with E-state index in [1.54, 1.807) is 0 Å². The lowest BCUT2D eigenvalue weighted by atomic mass is 9.94. The summed E-state index contributed by atoms with van der Waals surface area (Å²) in [6.07, 6.45) is 13.5. The van der Waals surface area contributed by atoms with Crippen LogP contribution in [-0.4, -0.2) is 76.4 Å². The van der Waals surface area contributed by atoms with Gasteiger partial charge in [0.05, 0.1) is 0 Å². The minimum absolute atomic E-state index is 0.134. The molecule has 6 heteroatoms. The van der Waals surface area contributed by atoms with Gasteiger partial charge >= 0.3 is 0 Å². The smallest absolute Gasteiger partial charge is 0.270 e. The van der Waals surface area contributed by atoms with Gasteiger partial charge in [0.2, 0.25) is 5.91 Å². The molecule has 0 N–H and O–H groups in total. The predicted molar refractivity (Wildman–Crippen MR) is 119 cm³/mol. The normalized spacial score (nSPS) is 21.8. The summed E-state index contributed by atoms with van der Waals surface area (Å²) in [5.74, 6) is 0.389. The average Bonchev–Trinajstić information content (AvgIpc) is 3.18. The third kappa shape index (κ3) is 5.08. The standard InChI is InChI=1S/C24H38N4O2/c1-25-19-20(10-11-23(29)27-12-6-3-7-13-27)18-22(25)24(30)28-16-14-26(15-17-28)21-8-4-2-5-9-21/h18-19,21H,2-17H2,1H3. The Morgan fingerprint density at radius 1 is 0.867 bits per heavy atom. The van der Waals surface area contributed by atoms with Crippen molar-refractivity contribution in [2.75, 3.05) is 39.3 Å². The molecule has 1 saturated carbocycles. The molecule has 0 radical (unpaired) electrons. The minimum Gasteiger partial charge on any atom is -0.346 e. The van der Waals surface area contributed by atoms with Gasteiger partial charge in [-0.3, -0.25) is 14.5 Å². The van der Waals surface area contributed by atoms with Gasteiger partial charge < -0.3 is 14.4 Å². The Balaban J connectivity index is 1.28. The van der Waals surface area contributed by atoms with Gasteiger partial charge in [-0.05, 0) is 50.2 Å². The Morgan fingerprint density at radius 2 is 1.53 bits per heavy atom. The van der Waals surface area contributed by atoms with E-state index in [1.165, 1.54) is 38.5 Å². The quantitative estimate of drug-likeness (QED) is 0.744. The van der Waals surface area contributed by atoms with E-state index >= 15 is 0 Å². The molecule has 1 aromatic heterocycles. The van der Waals surface area contributed by atoms with E-state index in [9.17, 15) is 9.59 Å². The lowest BCUT2D eigenvalue weighted by Crippen LogP contribution is -2.52. The van der Waals surface area contributed by atoms with Crippen LogP contribution in [0, 0.1) is 0 Å². The van der Waals surface area contributed by atoms with Crippen molar-refractivity contribution < 1.29 is 9.59 Å². The van der Waals surface area contributed by atoms with Crippen LogP contribution in [0.4, 0.5) is 0 Å². The number of hydrogen-bond acceptors (Lipinski definition) is 3. The summed E-state index contributed by atoms with van der Waals surface area (Å²) in [6.45, 7) is 5.46. The van der Waals surface area contributed by atoms with Crippen LogP contribution < -0.4 is 0 Å². The van der Waals surface area contributed by atoms with Crippen LogP contribution in [0.5, 0.6) is 0 Å². The number of rotatable bonds is 5. The van der Waals surface area contributed by atoms with Gasteiger partial charge in [0.1, 0.15) is 5.69 Å². The highest BCUT2D eigenvalue weighted by atomic mass is 16.2. The average molecular weight is 415 g/mol. The van der Waals surface area contributed by atoms with Gasteiger partial charge in [0.15, 0.2) is 0 Å². The molecule has 2 aliphatic heterocycles. The molecule has 3 aliphatic rings. The molecular formula is C24H38N4O2. The van der Waals surface area contributed by atoms with Crippen molar-refractivity contribution in [3.8, 4) is 0 Å². The molecule has 0 unspecified atom stereocenters. The van der Waals surface area contributed by atoms with Gasteiger partial charge in [-0.1, -0.05) is 19.3 Å². The summed E-state index contributed by atoms with van der Waals surface area (Å²) in [5, 5.41) is 0. The van der Waals surface area contributed by atoms with Crippen molar-refractivity contribution in [1.82, 2.24) is 19.3 Å². The van der Waals surface area contributed by atoms with Crippen LogP contribution in [0.25, 0.3) is 0 Å². The van der Waals surface area contributed by atoms with Crippen molar-refractivity contribution in [2.24, 2.45) is 7.05 Å². The first-order valence-electron chi connectivity index (χ1n) is 12.1. The summed E-state index contributed by atoms with van der Waals surface area (Å²) in [6, 6.07) is 2.73. The Kier molecular flexibility index (Phi) is 7.13. The van der Waals surface area contributed by atoms with E-state index in [2.05, 4.69) is 4.90 Å². The van der Waals surface area contributed by atoms with Crippen LogP contribution in [0.1, 0.15) is 73.8 Å². The number of amides is 2.